The van der Waals surface area contributed by atoms with Crippen LogP contribution in [0.25, 0.3) is 11.2 Å². The van der Waals surface area contributed by atoms with Crippen molar-refractivity contribution in [1.82, 2.24) is 24.8 Å². The number of fused-ring (bicyclic) bond motifs is 1. The van der Waals surface area contributed by atoms with Crippen LogP contribution >= 0.6 is 22.6 Å². The molecule has 0 aliphatic carbocycles. The fourth-order valence-electron chi connectivity index (χ4n) is 6.33. The molecule has 4 aromatic carbocycles. The lowest BCUT2D eigenvalue weighted by Gasteiger charge is -2.24. The highest BCUT2D eigenvalue weighted by molar-refractivity contribution is 14.1. The number of halogens is 1. The van der Waals surface area contributed by atoms with Gasteiger partial charge in [0.15, 0.2) is 45.4 Å². The van der Waals surface area contributed by atoms with Crippen LogP contribution in [0.2, 0.25) is 0 Å². The highest BCUT2D eigenvalue weighted by atomic mass is 127. The monoisotopic (exact) mass is 822 g/mol. The third kappa shape index (κ3) is 7.90. The Labute approximate surface area is 319 Å². The summed E-state index contributed by atoms with van der Waals surface area (Å²) in [5.41, 5.74) is 3.58. The van der Waals surface area contributed by atoms with Gasteiger partial charge in [-0.05, 0) is 42.3 Å². The Balaban J connectivity index is 1.26. The number of amides is 1. The number of carbonyl (C=O) groups excluding carboxylic acids is 3. The van der Waals surface area contributed by atoms with Gasteiger partial charge in [0.2, 0.25) is 0 Å². The van der Waals surface area contributed by atoms with E-state index in [0.29, 0.717) is 33.9 Å². The number of rotatable bonds is 12. The second-order valence-corrected chi connectivity index (χ2v) is 13.2. The van der Waals surface area contributed by atoms with Crippen LogP contribution < -0.4 is 10.6 Å². The van der Waals surface area contributed by atoms with Crippen LogP contribution in [0.3, 0.4) is 0 Å². The minimum Gasteiger partial charge on any atom is -0.451 e. The number of aromatic nitrogens is 4. The molecule has 12 nitrogen and oxygen atoms in total. The molecule has 1 saturated heterocycles. The van der Waals surface area contributed by atoms with E-state index >= 15 is 0 Å². The molecule has 2 aromatic heterocycles. The Morgan fingerprint density at radius 2 is 1.30 bits per heavy atom. The summed E-state index contributed by atoms with van der Waals surface area (Å²) in [4.78, 5) is 54.6. The Morgan fingerprint density at radius 1 is 0.774 bits per heavy atom. The number of anilines is 1. The minimum absolute atomic E-state index is 0.00000166. The zero-order chi connectivity index (χ0) is 36.7. The third-order valence-corrected chi connectivity index (χ3v) is 9.33. The Bertz CT molecular complexity index is 2150. The van der Waals surface area contributed by atoms with Gasteiger partial charge in [-0.25, -0.2) is 24.5 Å². The largest absolute Gasteiger partial charge is 0.451 e. The number of hydrogen-bond acceptors (Lipinski definition) is 10. The van der Waals surface area contributed by atoms with E-state index < -0.39 is 42.4 Å². The second kappa shape index (κ2) is 16.3. The topological polar surface area (TPSA) is 147 Å². The molecule has 2 N–H and O–H groups in total. The molecule has 268 valence electrons. The van der Waals surface area contributed by atoms with Crippen LogP contribution in [0, 0.1) is 3.83 Å². The van der Waals surface area contributed by atoms with Crippen molar-refractivity contribution in [1.29, 1.82) is 0 Å². The second-order valence-electron chi connectivity index (χ2n) is 12.2. The van der Waals surface area contributed by atoms with Gasteiger partial charge in [-0.1, -0.05) is 97.1 Å². The number of ether oxygens (including phenoxy) is 3. The van der Waals surface area contributed by atoms with E-state index in [1.165, 1.54) is 6.33 Å². The summed E-state index contributed by atoms with van der Waals surface area (Å²) >= 11 is 2.03. The van der Waals surface area contributed by atoms with Gasteiger partial charge in [0.1, 0.15) is 0 Å². The standard InChI is InChI=1S/C40H35IN6O6/c1-2-42-36(48)32-31(52-38(49)27-19-11-5-12-20-27)33(53-39(50)28-21-13-6-14-22-28)37(51-32)47-24-44-30-34(45-40(41)46-35(30)47)43-23-29(25-15-7-3-8-16-25)26-17-9-4-10-18-26/h3-22,24,29,31-33,37H,2,23H2,1H3,(H,42,48)(H,43,45,46)/t31-,32+,33-,37-/m1/s1. The van der Waals surface area contributed by atoms with Crippen LogP contribution in [-0.2, 0) is 19.0 Å². The summed E-state index contributed by atoms with van der Waals surface area (Å²) < 4.78 is 20.5. The molecule has 1 aliphatic heterocycles. The number of hydrogen-bond donors (Lipinski definition) is 2. The summed E-state index contributed by atoms with van der Waals surface area (Å²) in [5, 5.41) is 6.25. The summed E-state index contributed by atoms with van der Waals surface area (Å²) in [6, 6.07) is 37.2. The number of benzene rings is 4. The Kier molecular flexibility index (Phi) is 11.0. The molecule has 0 unspecified atom stereocenters. The lowest BCUT2D eigenvalue weighted by molar-refractivity contribution is -0.137. The molecule has 0 bridgehead atoms. The fraction of sp³-hybridized carbons (Fsp3) is 0.200. The summed E-state index contributed by atoms with van der Waals surface area (Å²) in [7, 11) is 0. The molecule has 0 saturated carbocycles. The smallest absolute Gasteiger partial charge is 0.338 e. The molecular formula is C40H35IN6O6. The zero-order valence-electron chi connectivity index (χ0n) is 28.5. The van der Waals surface area contributed by atoms with Crippen LogP contribution in [0.1, 0.15) is 50.9 Å². The van der Waals surface area contributed by atoms with Crippen molar-refractivity contribution in [3.63, 3.8) is 0 Å². The normalized spacial score (nSPS) is 18.1. The van der Waals surface area contributed by atoms with E-state index in [0.717, 1.165) is 11.1 Å². The molecule has 53 heavy (non-hydrogen) atoms. The molecule has 0 spiro atoms. The van der Waals surface area contributed by atoms with Crippen LogP contribution in [0.15, 0.2) is 128 Å². The first-order valence-corrected chi connectivity index (χ1v) is 18.2. The van der Waals surface area contributed by atoms with Crippen molar-refractivity contribution in [2.75, 3.05) is 18.4 Å². The molecule has 4 atom stereocenters. The van der Waals surface area contributed by atoms with Gasteiger partial charge in [0.25, 0.3) is 5.91 Å². The van der Waals surface area contributed by atoms with Crippen molar-refractivity contribution in [3.05, 3.63) is 154 Å². The van der Waals surface area contributed by atoms with Gasteiger partial charge in [-0.3, -0.25) is 9.36 Å². The summed E-state index contributed by atoms with van der Waals surface area (Å²) in [6.45, 7) is 2.55. The van der Waals surface area contributed by atoms with Crippen molar-refractivity contribution < 1.29 is 28.6 Å². The fourth-order valence-corrected chi connectivity index (χ4v) is 6.80. The quantitative estimate of drug-likeness (QED) is 0.0837. The van der Waals surface area contributed by atoms with Gasteiger partial charge in [0.05, 0.1) is 17.5 Å². The van der Waals surface area contributed by atoms with E-state index in [9.17, 15) is 14.4 Å². The first kappa shape index (κ1) is 35.7. The maximum Gasteiger partial charge on any atom is 0.338 e. The summed E-state index contributed by atoms with van der Waals surface area (Å²) in [6.07, 6.45) is -3.63. The third-order valence-electron chi connectivity index (χ3n) is 8.85. The van der Waals surface area contributed by atoms with E-state index in [1.54, 1.807) is 72.2 Å². The first-order chi connectivity index (χ1) is 25.9. The maximum absolute atomic E-state index is 13.6. The highest BCUT2D eigenvalue weighted by Crippen LogP contribution is 2.37. The van der Waals surface area contributed by atoms with Gasteiger partial charge >= 0.3 is 11.9 Å². The zero-order valence-corrected chi connectivity index (χ0v) is 30.7. The number of nitrogens with zero attached hydrogens (tertiary/aromatic N) is 4. The van der Waals surface area contributed by atoms with Gasteiger partial charge in [-0.15, -0.1) is 0 Å². The van der Waals surface area contributed by atoms with Crippen molar-refractivity contribution in [3.8, 4) is 0 Å². The molecule has 6 aromatic rings. The maximum atomic E-state index is 13.6. The Hall–Kier alpha value is -5.67. The number of likely N-dealkylation sites (N-methyl/N-ethyl adjacent to an activating group) is 1. The van der Waals surface area contributed by atoms with E-state index in [2.05, 4.69) is 39.9 Å². The van der Waals surface area contributed by atoms with Crippen LogP contribution in [-0.4, -0.2) is 68.8 Å². The highest BCUT2D eigenvalue weighted by Gasteiger charge is 2.54. The molecule has 1 aliphatic rings. The summed E-state index contributed by atoms with van der Waals surface area (Å²) in [5.74, 6) is -1.45. The molecule has 1 fully saturated rings. The average molecular weight is 823 g/mol. The SMILES string of the molecule is CCNC(=O)[C@H]1O[C@@H](n2cnc3c(NCC(c4ccccc4)c4ccccc4)nc(I)nc32)[C@H](OC(=O)c2ccccc2)[C@@H]1OC(=O)c1ccccc1. The predicted octanol–water partition coefficient (Wildman–Crippen LogP) is 6.16. The van der Waals surface area contributed by atoms with Crippen LogP contribution in [0.4, 0.5) is 5.82 Å². The van der Waals surface area contributed by atoms with Gasteiger partial charge in [0, 0.05) is 41.6 Å². The first-order valence-electron chi connectivity index (χ1n) is 17.1. The molecule has 0 radical (unpaired) electrons. The van der Waals surface area contributed by atoms with Crippen molar-refractivity contribution in [2.45, 2.75) is 37.4 Å². The van der Waals surface area contributed by atoms with E-state index in [-0.39, 0.29) is 17.0 Å². The molecular weight excluding hydrogens is 787 g/mol. The molecule has 3 heterocycles. The molecule has 7 rings (SSSR count). The minimum atomic E-state index is -1.34. The molecule has 1 amide bonds. The van der Waals surface area contributed by atoms with Crippen molar-refractivity contribution in [2.24, 2.45) is 0 Å². The number of esters is 2. The number of imidazole rings is 1. The Morgan fingerprint density at radius 3 is 1.85 bits per heavy atom. The van der Waals surface area contributed by atoms with E-state index in [4.69, 9.17) is 24.2 Å². The molecule has 13 heteroatoms. The average Bonchev–Trinajstić information content (AvgIpc) is 3.77. The van der Waals surface area contributed by atoms with E-state index in [1.807, 2.05) is 59.0 Å². The van der Waals surface area contributed by atoms with Gasteiger partial charge in [-0.2, -0.15) is 0 Å². The predicted molar refractivity (Wildman–Crippen MR) is 205 cm³/mol. The number of carbonyl (C=O) groups is 3. The lowest BCUT2D eigenvalue weighted by atomic mass is 9.91. The van der Waals surface area contributed by atoms with Crippen LogP contribution in [0.5, 0.6) is 0 Å². The van der Waals surface area contributed by atoms with Gasteiger partial charge < -0.3 is 24.8 Å². The number of nitrogens with one attached hydrogen (secondary N) is 2. The van der Waals surface area contributed by atoms with Crippen molar-refractivity contribution >= 4 is 57.4 Å². The lowest BCUT2D eigenvalue weighted by Crippen LogP contribution is -2.46.